The monoisotopic (exact) mass is 349 g/mol. The Hall–Kier alpha value is -1.86. The molecule has 24 heavy (non-hydrogen) atoms. The molecule has 0 bridgehead atoms. The third-order valence-corrected chi connectivity index (χ3v) is 5.04. The predicted octanol–water partition coefficient (Wildman–Crippen LogP) is 1.46. The molecular formula is C16H20ClN5O2. The van der Waals surface area contributed by atoms with E-state index in [0.717, 1.165) is 25.3 Å². The van der Waals surface area contributed by atoms with Crippen LogP contribution in [0.3, 0.4) is 0 Å². The molecule has 7 nitrogen and oxygen atoms in total. The van der Waals surface area contributed by atoms with Crippen LogP contribution in [-0.4, -0.2) is 64.8 Å². The molecule has 4 rings (SSSR count). The zero-order valence-corrected chi connectivity index (χ0v) is 14.2. The number of amides is 1. The van der Waals surface area contributed by atoms with Crippen molar-refractivity contribution in [3.05, 3.63) is 23.4 Å². The van der Waals surface area contributed by atoms with E-state index < -0.39 is 0 Å². The zero-order valence-electron chi connectivity index (χ0n) is 13.4. The highest BCUT2D eigenvalue weighted by Crippen LogP contribution is 2.25. The number of fused-ring (bicyclic) bond motifs is 1. The Bertz CT molecular complexity index is 743. The predicted molar refractivity (Wildman–Crippen MR) is 90.3 cm³/mol. The molecule has 2 fully saturated rings. The number of anilines is 1. The lowest BCUT2D eigenvalue weighted by Crippen LogP contribution is -2.48. The van der Waals surface area contributed by atoms with E-state index in [4.69, 9.17) is 16.3 Å². The van der Waals surface area contributed by atoms with Crippen LogP contribution in [0.15, 0.2) is 18.3 Å². The molecule has 8 heteroatoms. The second-order valence-electron chi connectivity index (χ2n) is 6.27. The number of pyridine rings is 1. The summed E-state index contributed by atoms with van der Waals surface area (Å²) in [5.41, 5.74) is 0.649. The van der Waals surface area contributed by atoms with Gasteiger partial charge in [0, 0.05) is 32.4 Å². The summed E-state index contributed by atoms with van der Waals surface area (Å²) in [6.07, 6.45) is 3.80. The lowest BCUT2D eigenvalue weighted by Gasteiger charge is -2.36. The first-order valence-electron chi connectivity index (χ1n) is 8.35. The summed E-state index contributed by atoms with van der Waals surface area (Å²) in [5.74, 6) is 0.991. The van der Waals surface area contributed by atoms with Crippen molar-refractivity contribution >= 4 is 29.1 Å². The maximum absolute atomic E-state index is 12.8. The Morgan fingerprint density at radius 3 is 2.92 bits per heavy atom. The Balaban J connectivity index is 1.53. The van der Waals surface area contributed by atoms with Crippen LogP contribution in [0.4, 0.5) is 5.95 Å². The molecule has 2 aromatic rings. The number of morpholine rings is 1. The molecule has 0 saturated carbocycles. The van der Waals surface area contributed by atoms with Gasteiger partial charge in [0.1, 0.15) is 0 Å². The fourth-order valence-corrected chi connectivity index (χ4v) is 3.69. The normalized spacial score (nSPS) is 22.1. The summed E-state index contributed by atoms with van der Waals surface area (Å²) < 4.78 is 7.23. The number of hydrogen-bond donors (Lipinski definition) is 0. The van der Waals surface area contributed by atoms with Gasteiger partial charge in [-0.25, -0.2) is 0 Å². The number of ether oxygens (including phenoxy) is 1. The van der Waals surface area contributed by atoms with Crippen LogP contribution in [0.25, 0.3) is 5.65 Å². The van der Waals surface area contributed by atoms with Gasteiger partial charge in [-0.2, -0.15) is 0 Å². The molecule has 0 spiro atoms. The van der Waals surface area contributed by atoms with Crippen LogP contribution in [0, 0.1) is 5.92 Å². The number of rotatable bonds is 2. The van der Waals surface area contributed by atoms with E-state index in [-0.39, 0.29) is 11.8 Å². The van der Waals surface area contributed by atoms with Crippen molar-refractivity contribution in [3.8, 4) is 0 Å². The van der Waals surface area contributed by atoms with Crippen molar-refractivity contribution < 1.29 is 9.53 Å². The number of carbonyl (C=O) groups is 1. The molecule has 1 amide bonds. The van der Waals surface area contributed by atoms with Crippen molar-refractivity contribution in [1.82, 2.24) is 19.5 Å². The van der Waals surface area contributed by atoms with Gasteiger partial charge in [-0.3, -0.25) is 9.20 Å². The van der Waals surface area contributed by atoms with Crippen molar-refractivity contribution in [1.29, 1.82) is 0 Å². The number of nitrogens with zero attached hydrogens (tertiary/aromatic N) is 5. The average Bonchev–Trinajstić information content (AvgIpc) is 3.07. The first kappa shape index (κ1) is 15.7. The summed E-state index contributed by atoms with van der Waals surface area (Å²) in [7, 11) is 0. The Labute approximate surface area is 145 Å². The fraction of sp³-hybridized carbons (Fsp3) is 0.562. The molecule has 2 saturated heterocycles. The minimum absolute atomic E-state index is 0.00313. The molecule has 2 aliphatic heterocycles. The molecule has 0 aromatic carbocycles. The number of carbonyl (C=O) groups excluding carboxylic acids is 1. The minimum atomic E-state index is 0.00313. The SMILES string of the molecule is O=C(C1CCCN(c2nnc3c(Cl)cccn23)C1)N1CCOCC1. The van der Waals surface area contributed by atoms with Crippen LogP contribution in [0.1, 0.15) is 12.8 Å². The van der Waals surface area contributed by atoms with E-state index in [2.05, 4.69) is 15.1 Å². The van der Waals surface area contributed by atoms with Crippen LogP contribution in [0.5, 0.6) is 0 Å². The van der Waals surface area contributed by atoms with E-state index >= 15 is 0 Å². The molecule has 4 heterocycles. The first-order chi connectivity index (χ1) is 11.7. The summed E-state index contributed by atoms with van der Waals surface area (Å²) in [6.45, 7) is 4.20. The molecular weight excluding hydrogens is 330 g/mol. The van der Waals surface area contributed by atoms with Gasteiger partial charge in [-0.1, -0.05) is 11.6 Å². The smallest absolute Gasteiger partial charge is 0.231 e. The number of hydrogen-bond acceptors (Lipinski definition) is 5. The topological polar surface area (TPSA) is 63.0 Å². The van der Waals surface area contributed by atoms with Crippen LogP contribution < -0.4 is 4.90 Å². The van der Waals surface area contributed by atoms with Crippen molar-refractivity contribution in [2.75, 3.05) is 44.3 Å². The van der Waals surface area contributed by atoms with Crippen molar-refractivity contribution in [3.63, 3.8) is 0 Å². The molecule has 0 radical (unpaired) electrons. The molecule has 2 aliphatic rings. The van der Waals surface area contributed by atoms with Crippen LogP contribution in [0.2, 0.25) is 5.02 Å². The third kappa shape index (κ3) is 2.82. The number of aromatic nitrogens is 3. The molecule has 128 valence electrons. The van der Waals surface area contributed by atoms with E-state index in [1.54, 1.807) is 6.07 Å². The first-order valence-corrected chi connectivity index (χ1v) is 8.72. The maximum Gasteiger partial charge on any atom is 0.231 e. The minimum Gasteiger partial charge on any atom is -0.378 e. The largest absolute Gasteiger partial charge is 0.378 e. The van der Waals surface area contributed by atoms with Crippen molar-refractivity contribution in [2.24, 2.45) is 5.92 Å². The second kappa shape index (κ2) is 6.57. The van der Waals surface area contributed by atoms with Crippen molar-refractivity contribution in [2.45, 2.75) is 12.8 Å². The highest BCUT2D eigenvalue weighted by Gasteiger charge is 2.31. The summed E-state index contributed by atoms with van der Waals surface area (Å²) in [4.78, 5) is 16.8. The molecule has 1 unspecified atom stereocenters. The molecule has 0 aliphatic carbocycles. The summed E-state index contributed by atoms with van der Waals surface area (Å²) in [5, 5.41) is 9.05. The van der Waals surface area contributed by atoms with E-state index in [9.17, 15) is 4.79 Å². The van der Waals surface area contributed by atoms with E-state index in [1.807, 2.05) is 21.6 Å². The van der Waals surface area contributed by atoms with Gasteiger partial charge in [0.25, 0.3) is 0 Å². The van der Waals surface area contributed by atoms with E-state index in [1.165, 1.54) is 0 Å². The standard InChI is InChI=1S/C16H20ClN5O2/c17-13-4-2-6-22-14(13)18-19-16(22)21-5-1-3-12(11-21)15(23)20-7-9-24-10-8-20/h2,4,6,12H,1,3,5,7-11H2. The van der Waals surface area contributed by atoms with Gasteiger partial charge in [0.15, 0.2) is 5.65 Å². The highest BCUT2D eigenvalue weighted by atomic mass is 35.5. The number of halogens is 1. The third-order valence-electron chi connectivity index (χ3n) is 4.75. The molecule has 2 aromatic heterocycles. The van der Waals surface area contributed by atoms with Gasteiger partial charge in [0.2, 0.25) is 11.9 Å². The highest BCUT2D eigenvalue weighted by molar-refractivity contribution is 6.33. The molecule has 1 atom stereocenters. The molecule has 0 N–H and O–H groups in total. The van der Waals surface area contributed by atoms with Gasteiger partial charge in [-0.05, 0) is 25.0 Å². The van der Waals surface area contributed by atoms with Crippen LogP contribution in [-0.2, 0) is 9.53 Å². The second-order valence-corrected chi connectivity index (χ2v) is 6.68. The Kier molecular flexibility index (Phi) is 4.28. The van der Waals surface area contributed by atoms with Gasteiger partial charge in [-0.15, -0.1) is 10.2 Å². The number of piperidine rings is 1. The Morgan fingerprint density at radius 2 is 2.08 bits per heavy atom. The lowest BCUT2D eigenvalue weighted by atomic mass is 9.96. The quantitative estimate of drug-likeness (QED) is 0.821. The maximum atomic E-state index is 12.8. The fourth-order valence-electron chi connectivity index (χ4n) is 3.49. The average molecular weight is 350 g/mol. The Morgan fingerprint density at radius 1 is 1.25 bits per heavy atom. The summed E-state index contributed by atoms with van der Waals surface area (Å²) >= 11 is 6.18. The van der Waals surface area contributed by atoms with Crippen LogP contribution >= 0.6 is 11.6 Å². The van der Waals surface area contributed by atoms with E-state index in [0.29, 0.717) is 43.5 Å². The summed E-state index contributed by atoms with van der Waals surface area (Å²) in [6, 6.07) is 3.68. The zero-order chi connectivity index (χ0) is 16.5. The van der Waals surface area contributed by atoms with Gasteiger partial charge >= 0.3 is 0 Å². The lowest BCUT2D eigenvalue weighted by molar-refractivity contribution is -0.139. The van der Waals surface area contributed by atoms with Gasteiger partial charge < -0.3 is 14.5 Å². The van der Waals surface area contributed by atoms with Gasteiger partial charge in [0.05, 0.1) is 24.2 Å².